The van der Waals surface area contributed by atoms with Gasteiger partial charge in [0.15, 0.2) is 0 Å². The van der Waals surface area contributed by atoms with Crippen LogP contribution in [0.2, 0.25) is 0 Å². The van der Waals surface area contributed by atoms with E-state index in [0.29, 0.717) is 5.75 Å². The Bertz CT molecular complexity index is 295. The summed E-state index contributed by atoms with van der Waals surface area (Å²) in [4.78, 5) is 0. The maximum absolute atomic E-state index is 9.07. The van der Waals surface area contributed by atoms with Crippen molar-refractivity contribution >= 4 is 0 Å². The molecular weight excluding hydrogens is 180 g/mol. The minimum atomic E-state index is -0.497. The van der Waals surface area contributed by atoms with Gasteiger partial charge in [-0.05, 0) is 19.9 Å². The first-order valence-electron chi connectivity index (χ1n) is 4.64. The van der Waals surface area contributed by atoms with Gasteiger partial charge >= 0.3 is 0 Å². The number of hydrogen-bond acceptors (Lipinski definition) is 3. The molecule has 14 heavy (non-hydrogen) atoms. The molecule has 1 rings (SSSR count). The molecule has 0 amide bonds. The Hall–Kier alpha value is -1.06. The lowest BCUT2D eigenvalue weighted by molar-refractivity contribution is 0.121. The molecule has 0 saturated heterocycles. The number of aliphatic hydroxyl groups excluding tert-OH is 2. The molecule has 1 atom stereocenters. The fourth-order valence-electron chi connectivity index (χ4n) is 1.18. The SMILES string of the molecule is Cc1ccc(OCC(C)O)c(CO)c1. The first-order valence-corrected chi connectivity index (χ1v) is 4.64. The molecule has 0 fully saturated rings. The van der Waals surface area contributed by atoms with Gasteiger partial charge in [-0.1, -0.05) is 17.7 Å². The molecule has 0 aliphatic rings. The molecule has 0 aromatic heterocycles. The van der Waals surface area contributed by atoms with E-state index in [9.17, 15) is 0 Å². The van der Waals surface area contributed by atoms with E-state index in [4.69, 9.17) is 14.9 Å². The van der Waals surface area contributed by atoms with Gasteiger partial charge in [-0.15, -0.1) is 0 Å². The van der Waals surface area contributed by atoms with Gasteiger partial charge in [0, 0.05) is 5.56 Å². The molecule has 3 nitrogen and oxygen atoms in total. The van der Waals surface area contributed by atoms with Gasteiger partial charge in [-0.25, -0.2) is 0 Å². The van der Waals surface area contributed by atoms with Crippen molar-refractivity contribution < 1.29 is 14.9 Å². The monoisotopic (exact) mass is 196 g/mol. The predicted molar refractivity (Wildman–Crippen MR) is 54.3 cm³/mol. The van der Waals surface area contributed by atoms with Crippen molar-refractivity contribution in [3.05, 3.63) is 29.3 Å². The third kappa shape index (κ3) is 3.01. The maximum Gasteiger partial charge on any atom is 0.124 e. The molecule has 0 spiro atoms. The van der Waals surface area contributed by atoms with E-state index < -0.39 is 6.10 Å². The Morgan fingerprint density at radius 3 is 2.71 bits per heavy atom. The van der Waals surface area contributed by atoms with Crippen molar-refractivity contribution in [1.29, 1.82) is 0 Å². The molecule has 1 unspecified atom stereocenters. The van der Waals surface area contributed by atoms with Gasteiger partial charge in [0.25, 0.3) is 0 Å². The van der Waals surface area contributed by atoms with Crippen LogP contribution in [0.15, 0.2) is 18.2 Å². The minimum absolute atomic E-state index is 0.0448. The van der Waals surface area contributed by atoms with Gasteiger partial charge in [-0.3, -0.25) is 0 Å². The topological polar surface area (TPSA) is 49.7 Å². The second-order valence-corrected chi connectivity index (χ2v) is 3.43. The van der Waals surface area contributed by atoms with Crippen LogP contribution in [-0.2, 0) is 6.61 Å². The third-order valence-electron chi connectivity index (χ3n) is 1.87. The zero-order valence-electron chi connectivity index (χ0n) is 8.53. The Morgan fingerprint density at radius 2 is 2.14 bits per heavy atom. The fraction of sp³-hybridized carbons (Fsp3) is 0.455. The summed E-state index contributed by atoms with van der Waals surface area (Å²) in [7, 11) is 0. The molecule has 3 heteroatoms. The summed E-state index contributed by atoms with van der Waals surface area (Å²) in [5.41, 5.74) is 1.84. The normalized spacial score (nSPS) is 12.6. The molecule has 0 radical (unpaired) electrons. The number of aryl methyl sites for hydroxylation is 1. The largest absolute Gasteiger partial charge is 0.491 e. The molecule has 78 valence electrons. The Balaban J connectivity index is 2.75. The first-order chi connectivity index (χ1) is 6.63. The summed E-state index contributed by atoms with van der Waals surface area (Å²) in [6, 6.07) is 5.59. The molecule has 0 aliphatic carbocycles. The van der Waals surface area contributed by atoms with Crippen LogP contribution in [0, 0.1) is 6.92 Å². The highest BCUT2D eigenvalue weighted by Crippen LogP contribution is 2.19. The molecular formula is C11H16O3. The second kappa shape index (κ2) is 4.98. The smallest absolute Gasteiger partial charge is 0.124 e. The van der Waals surface area contributed by atoms with Crippen molar-refractivity contribution in [2.75, 3.05) is 6.61 Å². The van der Waals surface area contributed by atoms with Crippen LogP contribution in [0.5, 0.6) is 5.75 Å². The second-order valence-electron chi connectivity index (χ2n) is 3.43. The number of hydrogen-bond donors (Lipinski definition) is 2. The summed E-state index contributed by atoms with van der Waals surface area (Å²) in [6.45, 7) is 3.82. The van der Waals surface area contributed by atoms with E-state index in [2.05, 4.69) is 0 Å². The molecule has 0 aliphatic heterocycles. The van der Waals surface area contributed by atoms with Gasteiger partial charge in [0.05, 0.1) is 12.7 Å². The van der Waals surface area contributed by atoms with E-state index in [1.165, 1.54) is 0 Å². The van der Waals surface area contributed by atoms with Gasteiger partial charge < -0.3 is 14.9 Å². The van der Waals surface area contributed by atoms with Crippen molar-refractivity contribution in [2.45, 2.75) is 26.6 Å². The fourth-order valence-corrected chi connectivity index (χ4v) is 1.18. The standard InChI is InChI=1S/C11H16O3/c1-8-3-4-11(10(5-8)6-12)14-7-9(2)13/h3-5,9,12-13H,6-7H2,1-2H3. The van der Waals surface area contributed by atoms with Crippen molar-refractivity contribution in [1.82, 2.24) is 0 Å². The van der Waals surface area contributed by atoms with E-state index in [1.807, 2.05) is 25.1 Å². The van der Waals surface area contributed by atoms with Crippen LogP contribution < -0.4 is 4.74 Å². The van der Waals surface area contributed by atoms with Crippen LogP contribution in [0.3, 0.4) is 0 Å². The molecule has 1 aromatic rings. The highest BCUT2D eigenvalue weighted by Gasteiger charge is 2.04. The highest BCUT2D eigenvalue weighted by atomic mass is 16.5. The average Bonchev–Trinajstić information content (AvgIpc) is 2.15. The summed E-state index contributed by atoms with van der Waals surface area (Å²) in [6.07, 6.45) is -0.497. The average molecular weight is 196 g/mol. The summed E-state index contributed by atoms with van der Waals surface area (Å²) >= 11 is 0. The zero-order valence-corrected chi connectivity index (χ0v) is 8.53. The Kier molecular flexibility index (Phi) is 3.92. The number of rotatable bonds is 4. The lowest BCUT2D eigenvalue weighted by Crippen LogP contribution is -2.13. The molecule has 0 heterocycles. The predicted octanol–water partition coefficient (Wildman–Crippen LogP) is 1.25. The molecule has 1 aromatic carbocycles. The number of benzene rings is 1. The van der Waals surface area contributed by atoms with Crippen molar-refractivity contribution in [2.24, 2.45) is 0 Å². The maximum atomic E-state index is 9.07. The number of ether oxygens (including phenoxy) is 1. The zero-order chi connectivity index (χ0) is 10.6. The summed E-state index contributed by atoms with van der Waals surface area (Å²) < 4.78 is 5.33. The molecule has 2 N–H and O–H groups in total. The Morgan fingerprint density at radius 1 is 1.43 bits per heavy atom. The summed E-state index contributed by atoms with van der Waals surface area (Å²) in [5.74, 6) is 0.638. The quantitative estimate of drug-likeness (QED) is 0.762. The summed E-state index contributed by atoms with van der Waals surface area (Å²) in [5, 5.41) is 18.1. The lowest BCUT2D eigenvalue weighted by Gasteiger charge is -2.11. The van der Waals surface area contributed by atoms with E-state index in [1.54, 1.807) is 6.92 Å². The minimum Gasteiger partial charge on any atom is -0.491 e. The van der Waals surface area contributed by atoms with E-state index in [0.717, 1.165) is 11.1 Å². The van der Waals surface area contributed by atoms with Crippen LogP contribution in [0.4, 0.5) is 0 Å². The molecule has 0 bridgehead atoms. The van der Waals surface area contributed by atoms with Crippen LogP contribution in [0.1, 0.15) is 18.1 Å². The first kappa shape index (κ1) is 11.0. The van der Waals surface area contributed by atoms with Crippen LogP contribution in [-0.4, -0.2) is 22.9 Å². The third-order valence-corrected chi connectivity index (χ3v) is 1.87. The number of aliphatic hydroxyl groups is 2. The van der Waals surface area contributed by atoms with Crippen molar-refractivity contribution in [3.8, 4) is 5.75 Å². The van der Waals surface area contributed by atoms with E-state index in [-0.39, 0.29) is 13.2 Å². The highest BCUT2D eigenvalue weighted by molar-refractivity contribution is 5.36. The van der Waals surface area contributed by atoms with Gasteiger partial charge in [0.1, 0.15) is 12.4 Å². The van der Waals surface area contributed by atoms with Crippen molar-refractivity contribution in [3.63, 3.8) is 0 Å². The van der Waals surface area contributed by atoms with Gasteiger partial charge in [-0.2, -0.15) is 0 Å². The Labute approximate surface area is 84.0 Å². The molecule has 0 saturated carbocycles. The van der Waals surface area contributed by atoms with E-state index >= 15 is 0 Å². The van der Waals surface area contributed by atoms with Crippen LogP contribution in [0.25, 0.3) is 0 Å². The lowest BCUT2D eigenvalue weighted by atomic mass is 10.1. The van der Waals surface area contributed by atoms with Crippen LogP contribution >= 0.6 is 0 Å². The van der Waals surface area contributed by atoms with Gasteiger partial charge in [0.2, 0.25) is 0 Å².